The number of hydrogen-bond acceptors (Lipinski definition) is 2. The zero-order chi connectivity index (χ0) is 8.43. The van der Waals surface area contributed by atoms with Gasteiger partial charge in [0.05, 0.1) is 5.69 Å². The van der Waals surface area contributed by atoms with Crippen molar-refractivity contribution in [3.05, 3.63) is 16.7 Å². The van der Waals surface area contributed by atoms with Crippen LogP contribution in [0.2, 0.25) is 5.15 Å². The van der Waals surface area contributed by atoms with Crippen molar-refractivity contribution in [2.24, 2.45) is 12.8 Å². The van der Waals surface area contributed by atoms with Gasteiger partial charge in [0.2, 0.25) is 0 Å². The molecule has 2 N–H and O–H groups in total. The molecule has 0 saturated carbocycles. The Balaban J connectivity index is 3.02. The summed E-state index contributed by atoms with van der Waals surface area (Å²) in [5.74, 6) is 0.929. The zero-order valence-electron chi connectivity index (χ0n) is 6.76. The Bertz CT molecular complexity index is 254. The van der Waals surface area contributed by atoms with Crippen LogP contribution in [-0.4, -0.2) is 16.1 Å². The molecule has 0 aliphatic heterocycles. The van der Waals surface area contributed by atoms with Gasteiger partial charge >= 0.3 is 0 Å². The molecule has 0 aromatic carbocycles. The minimum atomic E-state index is 0.579. The molecule has 4 heteroatoms. The standard InChI is InChI=1S/C7H12ClN3/c1-5-10-7(8)6(3-4-9)11(5)2/h3-4,9H2,1-2H3. The molecule has 62 valence electrons. The molecule has 1 heterocycles. The van der Waals surface area contributed by atoms with Crippen molar-refractivity contribution in [2.45, 2.75) is 13.3 Å². The van der Waals surface area contributed by atoms with Gasteiger partial charge in [-0.2, -0.15) is 0 Å². The van der Waals surface area contributed by atoms with Gasteiger partial charge in [0, 0.05) is 13.5 Å². The average molecular weight is 174 g/mol. The molecular formula is C7H12ClN3. The second-order valence-corrected chi connectivity index (χ2v) is 2.85. The Hall–Kier alpha value is -0.540. The van der Waals surface area contributed by atoms with Gasteiger partial charge in [-0.15, -0.1) is 0 Å². The van der Waals surface area contributed by atoms with Crippen molar-refractivity contribution < 1.29 is 0 Å². The van der Waals surface area contributed by atoms with E-state index in [1.165, 1.54) is 0 Å². The maximum atomic E-state index is 5.84. The molecule has 0 aliphatic rings. The number of imidazole rings is 1. The van der Waals surface area contributed by atoms with Crippen LogP contribution in [0.3, 0.4) is 0 Å². The van der Waals surface area contributed by atoms with Crippen LogP contribution < -0.4 is 5.73 Å². The zero-order valence-corrected chi connectivity index (χ0v) is 7.52. The summed E-state index contributed by atoms with van der Waals surface area (Å²) in [6.45, 7) is 2.53. The number of aromatic nitrogens is 2. The van der Waals surface area contributed by atoms with Gasteiger partial charge in [-0.05, 0) is 13.5 Å². The van der Waals surface area contributed by atoms with Crippen LogP contribution in [0.1, 0.15) is 11.5 Å². The molecular weight excluding hydrogens is 162 g/mol. The molecule has 0 aliphatic carbocycles. The molecule has 3 nitrogen and oxygen atoms in total. The van der Waals surface area contributed by atoms with E-state index in [-0.39, 0.29) is 0 Å². The van der Waals surface area contributed by atoms with Crippen molar-refractivity contribution in [3.8, 4) is 0 Å². The molecule has 0 amide bonds. The third kappa shape index (κ3) is 1.54. The number of nitrogens with two attached hydrogens (primary N) is 1. The van der Waals surface area contributed by atoms with Crippen molar-refractivity contribution in [1.29, 1.82) is 0 Å². The molecule has 1 aromatic heterocycles. The van der Waals surface area contributed by atoms with Crippen LogP contribution in [0.5, 0.6) is 0 Å². The fraction of sp³-hybridized carbons (Fsp3) is 0.571. The summed E-state index contributed by atoms with van der Waals surface area (Å²) < 4.78 is 1.97. The Labute approximate surface area is 71.2 Å². The average Bonchev–Trinajstić information content (AvgIpc) is 2.17. The number of rotatable bonds is 2. The minimum Gasteiger partial charge on any atom is -0.334 e. The first-order valence-corrected chi connectivity index (χ1v) is 3.92. The quantitative estimate of drug-likeness (QED) is 0.722. The maximum absolute atomic E-state index is 5.84. The first-order valence-electron chi connectivity index (χ1n) is 3.54. The van der Waals surface area contributed by atoms with E-state index in [1.807, 2.05) is 18.5 Å². The van der Waals surface area contributed by atoms with Gasteiger partial charge in [-0.25, -0.2) is 4.98 Å². The smallest absolute Gasteiger partial charge is 0.150 e. The van der Waals surface area contributed by atoms with E-state index in [0.29, 0.717) is 11.7 Å². The van der Waals surface area contributed by atoms with Crippen LogP contribution in [0.25, 0.3) is 0 Å². The van der Waals surface area contributed by atoms with Gasteiger partial charge in [-0.3, -0.25) is 0 Å². The second-order valence-electron chi connectivity index (χ2n) is 2.49. The lowest BCUT2D eigenvalue weighted by Gasteiger charge is -2.00. The molecule has 0 bridgehead atoms. The highest BCUT2D eigenvalue weighted by Crippen LogP contribution is 2.15. The van der Waals surface area contributed by atoms with Crippen molar-refractivity contribution in [1.82, 2.24) is 9.55 Å². The third-order valence-electron chi connectivity index (χ3n) is 1.77. The fourth-order valence-corrected chi connectivity index (χ4v) is 1.37. The van der Waals surface area contributed by atoms with Crippen molar-refractivity contribution in [2.75, 3.05) is 6.54 Å². The molecule has 0 atom stereocenters. The summed E-state index contributed by atoms with van der Waals surface area (Å²) >= 11 is 5.84. The van der Waals surface area contributed by atoms with E-state index in [2.05, 4.69) is 4.98 Å². The highest BCUT2D eigenvalue weighted by molar-refractivity contribution is 6.30. The van der Waals surface area contributed by atoms with Crippen molar-refractivity contribution in [3.63, 3.8) is 0 Å². The van der Waals surface area contributed by atoms with E-state index < -0.39 is 0 Å². The van der Waals surface area contributed by atoms with Gasteiger partial charge < -0.3 is 10.3 Å². The lowest BCUT2D eigenvalue weighted by molar-refractivity contribution is 0.777. The largest absolute Gasteiger partial charge is 0.334 e. The molecule has 0 radical (unpaired) electrons. The summed E-state index contributed by atoms with van der Waals surface area (Å²) in [6.07, 6.45) is 0.788. The van der Waals surface area contributed by atoms with Crippen LogP contribution in [-0.2, 0) is 13.5 Å². The molecule has 0 unspecified atom stereocenters. The number of hydrogen-bond donors (Lipinski definition) is 1. The maximum Gasteiger partial charge on any atom is 0.150 e. The van der Waals surface area contributed by atoms with Crippen LogP contribution >= 0.6 is 11.6 Å². The van der Waals surface area contributed by atoms with E-state index in [4.69, 9.17) is 17.3 Å². The van der Waals surface area contributed by atoms with Gasteiger partial charge in [0.1, 0.15) is 5.82 Å². The predicted octanol–water partition coefficient (Wildman–Crippen LogP) is 0.883. The Morgan fingerprint density at radius 1 is 1.64 bits per heavy atom. The van der Waals surface area contributed by atoms with E-state index >= 15 is 0 Å². The van der Waals surface area contributed by atoms with Crippen LogP contribution in [0.15, 0.2) is 0 Å². The summed E-state index contributed by atoms with van der Waals surface area (Å²) in [5, 5.41) is 0.579. The van der Waals surface area contributed by atoms with Crippen molar-refractivity contribution >= 4 is 11.6 Å². The minimum absolute atomic E-state index is 0.579. The van der Waals surface area contributed by atoms with E-state index in [1.54, 1.807) is 0 Å². The van der Waals surface area contributed by atoms with Gasteiger partial charge in [-0.1, -0.05) is 11.6 Å². The predicted molar refractivity (Wildman–Crippen MR) is 45.7 cm³/mol. The van der Waals surface area contributed by atoms with Crippen LogP contribution in [0, 0.1) is 6.92 Å². The molecule has 0 fully saturated rings. The number of nitrogens with zero attached hydrogens (tertiary/aromatic N) is 2. The highest BCUT2D eigenvalue weighted by atomic mass is 35.5. The summed E-state index contributed by atoms with van der Waals surface area (Å²) in [7, 11) is 1.94. The molecule has 1 rings (SSSR count). The third-order valence-corrected chi connectivity index (χ3v) is 2.07. The SMILES string of the molecule is Cc1nc(Cl)c(CCN)n1C. The lowest BCUT2D eigenvalue weighted by Crippen LogP contribution is -2.07. The first-order chi connectivity index (χ1) is 5.16. The number of aryl methyl sites for hydroxylation is 1. The monoisotopic (exact) mass is 173 g/mol. The Morgan fingerprint density at radius 2 is 2.27 bits per heavy atom. The highest BCUT2D eigenvalue weighted by Gasteiger charge is 2.07. The summed E-state index contributed by atoms with van der Waals surface area (Å²) in [6, 6.07) is 0. The number of halogens is 1. The fourth-order valence-electron chi connectivity index (χ4n) is 1.02. The van der Waals surface area contributed by atoms with Gasteiger partial charge in [0.25, 0.3) is 0 Å². The Kier molecular flexibility index (Phi) is 2.52. The van der Waals surface area contributed by atoms with Gasteiger partial charge in [0.15, 0.2) is 5.15 Å². The molecule has 1 aromatic rings. The van der Waals surface area contributed by atoms with E-state index in [9.17, 15) is 0 Å². The normalized spacial score (nSPS) is 10.5. The molecule has 0 saturated heterocycles. The molecule has 0 spiro atoms. The first kappa shape index (κ1) is 8.56. The Morgan fingerprint density at radius 3 is 2.64 bits per heavy atom. The second kappa shape index (κ2) is 3.24. The summed E-state index contributed by atoms with van der Waals surface area (Å²) in [4.78, 5) is 4.10. The topological polar surface area (TPSA) is 43.8 Å². The van der Waals surface area contributed by atoms with Crippen LogP contribution in [0.4, 0.5) is 0 Å². The van der Waals surface area contributed by atoms with E-state index in [0.717, 1.165) is 17.9 Å². The summed E-state index contributed by atoms with van der Waals surface area (Å²) in [5.41, 5.74) is 6.43. The molecule has 11 heavy (non-hydrogen) atoms. The lowest BCUT2D eigenvalue weighted by atomic mass is 10.3.